The van der Waals surface area contributed by atoms with Crippen molar-refractivity contribution in [2.45, 2.75) is 25.0 Å². The minimum Gasteiger partial charge on any atom is -0.379 e. The first-order chi connectivity index (χ1) is 16.0. The van der Waals surface area contributed by atoms with Gasteiger partial charge in [-0.3, -0.25) is 19.4 Å². The summed E-state index contributed by atoms with van der Waals surface area (Å²) in [5, 5.41) is 2.82. The number of ether oxygens (including phenoxy) is 2. The van der Waals surface area contributed by atoms with Gasteiger partial charge >= 0.3 is 0 Å². The molecule has 10 heteroatoms. The molecule has 1 aromatic carbocycles. The monoisotopic (exact) mass is 465 g/mol. The molecule has 2 fully saturated rings. The van der Waals surface area contributed by atoms with Gasteiger partial charge in [0, 0.05) is 65.5 Å². The molecule has 0 bridgehead atoms. The van der Waals surface area contributed by atoms with Gasteiger partial charge in [-0.25, -0.2) is 4.39 Å². The van der Waals surface area contributed by atoms with Gasteiger partial charge in [0.05, 0.1) is 13.2 Å². The van der Waals surface area contributed by atoms with E-state index in [2.05, 4.69) is 15.1 Å². The van der Waals surface area contributed by atoms with Crippen molar-refractivity contribution in [3.05, 3.63) is 35.6 Å². The van der Waals surface area contributed by atoms with Gasteiger partial charge in [0.25, 0.3) is 0 Å². The minimum atomic E-state index is -0.566. The third-order valence-corrected chi connectivity index (χ3v) is 6.24. The van der Waals surface area contributed by atoms with Crippen LogP contribution in [-0.2, 0) is 25.6 Å². The Kier molecular flexibility index (Phi) is 10.0. The van der Waals surface area contributed by atoms with Crippen molar-refractivity contribution < 1.29 is 23.5 Å². The number of amides is 2. The Morgan fingerprint density at radius 2 is 2.00 bits per heavy atom. The zero-order valence-corrected chi connectivity index (χ0v) is 19.4. The lowest BCUT2D eigenvalue weighted by Gasteiger charge is -2.33. The number of benzene rings is 1. The Morgan fingerprint density at radius 3 is 2.67 bits per heavy atom. The molecule has 3 rings (SSSR count). The Labute approximate surface area is 195 Å². The zero-order valence-electron chi connectivity index (χ0n) is 19.4. The second-order valence-electron chi connectivity index (χ2n) is 8.52. The molecule has 3 N–H and O–H groups in total. The molecule has 2 aliphatic heterocycles. The van der Waals surface area contributed by atoms with Gasteiger partial charge in [0.2, 0.25) is 11.8 Å². The molecule has 2 amide bonds. The fourth-order valence-corrected chi connectivity index (χ4v) is 4.43. The average molecular weight is 466 g/mol. The van der Waals surface area contributed by atoms with Crippen molar-refractivity contribution in [2.24, 2.45) is 5.73 Å². The lowest BCUT2D eigenvalue weighted by Crippen LogP contribution is -2.48. The van der Waals surface area contributed by atoms with Gasteiger partial charge in [-0.05, 0) is 24.1 Å². The number of halogens is 1. The fourth-order valence-electron chi connectivity index (χ4n) is 4.43. The summed E-state index contributed by atoms with van der Waals surface area (Å²) in [6.07, 6.45) is 0.524. The van der Waals surface area contributed by atoms with Gasteiger partial charge < -0.3 is 25.4 Å². The molecule has 2 saturated heterocycles. The third-order valence-electron chi connectivity index (χ3n) is 6.24. The molecule has 2 aliphatic rings. The quantitative estimate of drug-likeness (QED) is 0.461. The molecule has 0 aliphatic carbocycles. The van der Waals surface area contributed by atoms with Crippen LogP contribution in [0, 0.1) is 5.82 Å². The van der Waals surface area contributed by atoms with Crippen molar-refractivity contribution in [1.82, 2.24) is 20.0 Å². The van der Waals surface area contributed by atoms with E-state index in [1.54, 1.807) is 17.0 Å². The minimum absolute atomic E-state index is 0.00877. The van der Waals surface area contributed by atoms with Gasteiger partial charge in [-0.2, -0.15) is 0 Å². The summed E-state index contributed by atoms with van der Waals surface area (Å²) in [5.41, 5.74) is 6.53. The van der Waals surface area contributed by atoms with Crippen molar-refractivity contribution in [3.63, 3.8) is 0 Å². The Morgan fingerprint density at radius 1 is 1.27 bits per heavy atom. The highest BCUT2D eigenvalue weighted by molar-refractivity contribution is 5.88. The number of likely N-dealkylation sites (tertiary alicyclic amines) is 1. The van der Waals surface area contributed by atoms with Crippen LogP contribution >= 0.6 is 0 Å². The molecular weight excluding hydrogens is 429 g/mol. The van der Waals surface area contributed by atoms with Crippen LogP contribution in [0.1, 0.15) is 12.0 Å². The summed E-state index contributed by atoms with van der Waals surface area (Å²) in [5.74, 6) is -0.669. The molecule has 2 atom stereocenters. The lowest BCUT2D eigenvalue weighted by atomic mass is 10.1. The van der Waals surface area contributed by atoms with E-state index in [0.717, 1.165) is 45.0 Å². The van der Waals surface area contributed by atoms with Crippen LogP contribution in [0.25, 0.3) is 0 Å². The van der Waals surface area contributed by atoms with E-state index in [9.17, 15) is 14.0 Å². The Hall–Kier alpha value is -2.11. The van der Waals surface area contributed by atoms with Gasteiger partial charge in [0.1, 0.15) is 18.5 Å². The summed E-state index contributed by atoms with van der Waals surface area (Å²) in [6, 6.07) is 5.91. The van der Waals surface area contributed by atoms with Crippen LogP contribution in [0.5, 0.6) is 0 Å². The topological polar surface area (TPSA) is 100 Å². The van der Waals surface area contributed by atoms with Crippen molar-refractivity contribution in [2.75, 3.05) is 72.7 Å². The highest BCUT2D eigenvalue weighted by Gasteiger charge is 2.41. The molecule has 0 spiro atoms. The van der Waals surface area contributed by atoms with Crippen molar-refractivity contribution in [3.8, 4) is 0 Å². The second kappa shape index (κ2) is 13.0. The Bertz CT molecular complexity index is 760. The van der Waals surface area contributed by atoms with Crippen molar-refractivity contribution in [1.29, 1.82) is 0 Å². The number of rotatable bonds is 11. The Balaban J connectivity index is 1.74. The summed E-state index contributed by atoms with van der Waals surface area (Å²) in [7, 11) is 1.47. The average Bonchev–Trinajstić information content (AvgIpc) is 3.28. The number of hydrogen-bond donors (Lipinski definition) is 2. The van der Waals surface area contributed by atoms with E-state index in [0.29, 0.717) is 32.6 Å². The smallest absolute Gasteiger partial charge is 0.249 e. The predicted octanol–water partition coefficient (Wildman–Crippen LogP) is -0.349. The number of nitrogens with zero attached hydrogens (tertiary/aromatic N) is 3. The van der Waals surface area contributed by atoms with E-state index in [1.807, 2.05) is 0 Å². The van der Waals surface area contributed by atoms with Crippen LogP contribution in [-0.4, -0.2) is 111 Å². The molecule has 0 radical (unpaired) electrons. The van der Waals surface area contributed by atoms with Gasteiger partial charge in [0.15, 0.2) is 0 Å². The largest absolute Gasteiger partial charge is 0.379 e. The molecule has 0 saturated carbocycles. The number of nitrogens with two attached hydrogens (primary N) is 1. The maximum Gasteiger partial charge on any atom is 0.249 e. The molecule has 2 unspecified atom stereocenters. The summed E-state index contributed by atoms with van der Waals surface area (Å²) < 4.78 is 23.9. The predicted molar refractivity (Wildman–Crippen MR) is 122 cm³/mol. The van der Waals surface area contributed by atoms with Crippen molar-refractivity contribution >= 4 is 11.8 Å². The molecule has 33 heavy (non-hydrogen) atoms. The summed E-state index contributed by atoms with van der Waals surface area (Å²) in [6.45, 7) is 6.53. The normalized spacial score (nSPS) is 21.5. The van der Waals surface area contributed by atoms with Crippen LogP contribution in [0.3, 0.4) is 0 Å². The number of nitrogens with one attached hydrogen (secondary N) is 1. The number of carbonyl (C=O) groups is 2. The molecule has 9 nitrogen and oxygen atoms in total. The van der Waals surface area contributed by atoms with E-state index in [4.69, 9.17) is 15.2 Å². The first kappa shape index (κ1) is 25.5. The molecule has 184 valence electrons. The number of carbonyl (C=O) groups excluding carboxylic acids is 2. The number of methoxy groups -OCH3 is 1. The van der Waals surface area contributed by atoms with E-state index >= 15 is 0 Å². The maximum atomic E-state index is 13.4. The summed E-state index contributed by atoms with van der Waals surface area (Å²) in [4.78, 5) is 31.8. The van der Waals surface area contributed by atoms with Crippen LogP contribution < -0.4 is 11.1 Å². The molecule has 0 aromatic heterocycles. The van der Waals surface area contributed by atoms with Gasteiger partial charge in [-0.15, -0.1) is 0 Å². The first-order valence-corrected chi connectivity index (χ1v) is 11.6. The molecule has 1 aromatic rings. The lowest BCUT2D eigenvalue weighted by molar-refractivity contribution is -0.141. The molecule has 2 heterocycles. The van der Waals surface area contributed by atoms with E-state index < -0.39 is 6.04 Å². The van der Waals surface area contributed by atoms with Gasteiger partial charge in [-0.1, -0.05) is 12.1 Å². The zero-order chi connectivity index (χ0) is 23.6. The highest BCUT2D eigenvalue weighted by Crippen LogP contribution is 2.25. The number of morpholine rings is 1. The van der Waals surface area contributed by atoms with Crippen LogP contribution in [0.4, 0.5) is 4.39 Å². The highest BCUT2D eigenvalue weighted by atomic mass is 19.1. The number of hydrogen-bond acceptors (Lipinski definition) is 7. The standard InChI is InChI=1S/C23H36FN5O4/c1-32-17-22(30)29-16-20(14-21(29)23(31)26-7-6-25)28(9-8-27-10-12-33-13-11-27)15-18-2-4-19(24)5-3-18/h2-5,20-21H,6-17,25H2,1H3,(H,26,31). The fraction of sp³-hybridized carbons (Fsp3) is 0.652. The van der Waals surface area contributed by atoms with E-state index in [1.165, 1.54) is 19.2 Å². The van der Waals surface area contributed by atoms with Crippen LogP contribution in [0.15, 0.2) is 24.3 Å². The van der Waals surface area contributed by atoms with Crippen LogP contribution in [0.2, 0.25) is 0 Å². The second-order valence-corrected chi connectivity index (χ2v) is 8.52. The van der Waals surface area contributed by atoms with E-state index in [-0.39, 0.29) is 30.3 Å². The first-order valence-electron chi connectivity index (χ1n) is 11.6. The SMILES string of the molecule is COCC(=O)N1CC(N(CCN2CCOCC2)Cc2ccc(F)cc2)CC1C(=O)NCCN. The third kappa shape index (κ3) is 7.44. The maximum absolute atomic E-state index is 13.4. The summed E-state index contributed by atoms with van der Waals surface area (Å²) >= 11 is 0. The molecular formula is C23H36FN5O4.